The Morgan fingerprint density at radius 1 is 1.06 bits per heavy atom. The number of rotatable bonds is 4. The number of fused-ring (bicyclic) bond motifs is 2. The first-order valence-electron chi connectivity index (χ1n) is 10.5. The summed E-state index contributed by atoms with van der Waals surface area (Å²) >= 11 is 1.42. The highest BCUT2D eigenvalue weighted by atomic mass is 32.1. The molecule has 0 spiro atoms. The SMILES string of the molecule is O=C(CCn1cnc2sccc2c1=O)N1CCN(C(=O)C2COc3ccccc3O2)CC1. The van der Waals surface area contributed by atoms with Crippen molar-refractivity contribution in [1.29, 1.82) is 0 Å². The molecule has 0 saturated carbocycles. The topological polar surface area (TPSA) is 94.0 Å². The summed E-state index contributed by atoms with van der Waals surface area (Å²) in [6.07, 6.45) is 1.02. The maximum absolute atomic E-state index is 12.8. The molecular formula is C22H22N4O5S. The number of thiophene rings is 1. The highest BCUT2D eigenvalue weighted by molar-refractivity contribution is 7.16. The van der Waals surface area contributed by atoms with Gasteiger partial charge in [-0.05, 0) is 23.6 Å². The van der Waals surface area contributed by atoms with Gasteiger partial charge in [-0.25, -0.2) is 4.98 Å². The molecule has 1 fully saturated rings. The Morgan fingerprint density at radius 3 is 2.62 bits per heavy atom. The van der Waals surface area contributed by atoms with Gasteiger partial charge in [0.25, 0.3) is 11.5 Å². The number of aryl methyl sites for hydroxylation is 1. The number of carbonyl (C=O) groups excluding carboxylic acids is 2. The normalized spacial score (nSPS) is 18.1. The second-order valence-electron chi connectivity index (χ2n) is 7.70. The average molecular weight is 455 g/mol. The number of para-hydroxylation sites is 2. The van der Waals surface area contributed by atoms with E-state index in [1.807, 2.05) is 23.6 Å². The predicted octanol–water partition coefficient (Wildman–Crippen LogP) is 1.36. The quantitative estimate of drug-likeness (QED) is 0.591. The van der Waals surface area contributed by atoms with Gasteiger partial charge < -0.3 is 19.3 Å². The van der Waals surface area contributed by atoms with Crippen molar-refractivity contribution < 1.29 is 19.1 Å². The van der Waals surface area contributed by atoms with Crippen LogP contribution in [0.3, 0.4) is 0 Å². The van der Waals surface area contributed by atoms with Crippen LogP contribution in [0.1, 0.15) is 6.42 Å². The minimum absolute atomic E-state index is 0.0411. The molecule has 9 nitrogen and oxygen atoms in total. The van der Waals surface area contributed by atoms with Gasteiger partial charge in [-0.1, -0.05) is 12.1 Å². The maximum atomic E-state index is 12.8. The molecule has 0 N–H and O–H groups in total. The van der Waals surface area contributed by atoms with E-state index in [4.69, 9.17) is 9.47 Å². The molecule has 0 bridgehead atoms. The first-order valence-corrected chi connectivity index (χ1v) is 11.4. The molecule has 32 heavy (non-hydrogen) atoms. The van der Waals surface area contributed by atoms with Crippen LogP contribution >= 0.6 is 11.3 Å². The fraction of sp³-hybridized carbons (Fsp3) is 0.364. The molecule has 2 amide bonds. The molecule has 10 heteroatoms. The molecular weight excluding hydrogens is 432 g/mol. The first-order chi connectivity index (χ1) is 15.6. The molecule has 5 rings (SSSR count). The van der Waals surface area contributed by atoms with Gasteiger partial charge in [-0.15, -0.1) is 11.3 Å². The van der Waals surface area contributed by atoms with E-state index in [2.05, 4.69) is 4.98 Å². The van der Waals surface area contributed by atoms with E-state index in [0.29, 0.717) is 47.9 Å². The molecule has 1 atom stereocenters. The molecule has 2 aliphatic heterocycles. The zero-order chi connectivity index (χ0) is 22.1. The van der Waals surface area contributed by atoms with Crippen LogP contribution in [0.15, 0.2) is 46.8 Å². The van der Waals surface area contributed by atoms with Crippen molar-refractivity contribution in [3.63, 3.8) is 0 Å². The molecule has 0 radical (unpaired) electrons. The van der Waals surface area contributed by atoms with Gasteiger partial charge in [0.05, 0.1) is 11.7 Å². The molecule has 4 heterocycles. The van der Waals surface area contributed by atoms with Crippen LogP contribution in [0, 0.1) is 0 Å². The van der Waals surface area contributed by atoms with Crippen LogP contribution in [0.2, 0.25) is 0 Å². The van der Waals surface area contributed by atoms with E-state index in [1.165, 1.54) is 22.2 Å². The summed E-state index contributed by atoms with van der Waals surface area (Å²) in [6, 6.07) is 9.03. The molecule has 1 aromatic carbocycles. The van der Waals surface area contributed by atoms with Crippen molar-refractivity contribution in [1.82, 2.24) is 19.4 Å². The lowest BCUT2D eigenvalue weighted by Gasteiger charge is -2.37. The number of hydrogen-bond acceptors (Lipinski definition) is 7. The Balaban J connectivity index is 1.13. The Hall–Kier alpha value is -3.40. The Labute approximate surface area is 187 Å². The number of benzene rings is 1. The average Bonchev–Trinajstić information content (AvgIpc) is 3.32. The maximum Gasteiger partial charge on any atom is 0.267 e. The largest absolute Gasteiger partial charge is 0.485 e. The minimum Gasteiger partial charge on any atom is -0.485 e. The summed E-state index contributed by atoms with van der Waals surface area (Å²) in [5.41, 5.74) is -0.129. The molecule has 1 unspecified atom stereocenters. The monoisotopic (exact) mass is 454 g/mol. The molecule has 2 aliphatic rings. The summed E-state index contributed by atoms with van der Waals surface area (Å²) < 4.78 is 12.9. The zero-order valence-corrected chi connectivity index (χ0v) is 18.1. The van der Waals surface area contributed by atoms with Crippen molar-refractivity contribution in [3.05, 3.63) is 52.4 Å². The van der Waals surface area contributed by atoms with Gasteiger partial charge in [0.1, 0.15) is 11.4 Å². The van der Waals surface area contributed by atoms with Crippen LogP contribution in [0.25, 0.3) is 10.2 Å². The van der Waals surface area contributed by atoms with Gasteiger partial charge in [-0.3, -0.25) is 19.0 Å². The van der Waals surface area contributed by atoms with E-state index >= 15 is 0 Å². The Bertz CT molecular complexity index is 1210. The van der Waals surface area contributed by atoms with Gasteiger partial charge in [0.15, 0.2) is 11.5 Å². The second-order valence-corrected chi connectivity index (χ2v) is 8.60. The van der Waals surface area contributed by atoms with Crippen LogP contribution in [0.5, 0.6) is 11.5 Å². The van der Waals surface area contributed by atoms with Crippen molar-refractivity contribution in [3.8, 4) is 11.5 Å². The number of ether oxygens (including phenoxy) is 2. The molecule has 0 aliphatic carbocycles. The van der Waals surface area contributed by atoms with Crippen molar-refractivity contribution >= 4 is 33.4 Å². The lowest BCUT2D eigenvalue weighted by molar-refractivity contribution is -0.146. The van der Waals surface area contributed by atoms with E-state index < -0.39 is 6.10 Å². The number of piperazine rings is 1. The number of aromatic nitrogens is 2. The van der Waals surface area contributed by atoms with Crippen molar-refractivity contribution in [2.24, 2.45) is 0 Å². The van der Waals surface area contributed by atoms with Gasteiger partial charge in [-0.2, -0.15) is 0 Å². The fourth-order valence-electron chi connectivity index (χ4n) is 3.95. The molecule has 2 aromatic heterocycles. The van der Waals surface area contributed by atoms with Gasteiger partial charge >= 0.3 is 0 Å². The summed E-state index contributed by atoms with van der Waals surface area (Å²) in [4.78, 5) is 46.4. The second kappa shape index (κ2) is 8.62. The fourth-order valence-corrected chi connectivity index (χ4v) is 4.67. The standard InChI is InChI=1S/C22H22N4O5S/c27-19(5-7-26-14-23-20-15(21(26)28)6-12-32-20)24-8-10-25(11-9-24)22(29)18-13-30-16-3-1-2-4-17(16)31-18/h1-4,6,12,14,18H,5,7-11,13H2. The van der Waals surface area contributed by atoms with E-state index in [1.54, 1.807) is 21.9 Å². The van der Waals surface area contributed by atoms with Gasteiger partial charge in [0, 0.05) is 39.1 Å². The van der Waals surface area contributed by atoms with Crippen LogP contribution < -0.4 is 15.0 Å². The van der Waals surface area contributed by atoms with E-state index in [9.17, 15) is 14.4 Å². The summed E-state index contributed by atoms with van der Waals surface area (Å²) in [5.74, 6) is 1.03. The third-order valence-electron chi connectivity index (χ3n) is 5.75. The van der Waals surface area contributed by atoms with Crippen LogP contribution in [0.4, 0.5) is 0 Å². The Kier molecular flexibility index (Phi) is 5.52. The predicted molar refractivity (Wildman–Crippen MR) is 118 cm³/mol. The number of amides is 2. The van der Waals surface area contributed by atoms with E-state index in [0.717, 1.165) is 0 Å². The smallest absolute Gasteiger partial charge is 0.267 e. The first kappa shape index (κ1) is 20.5. The zero-order valence-electron chi connectivity index (χ0n) is 17.3. The van der Waals surface area contributed by atoms with Gasteiger partial charge in [0.2, 0.25) is 12.0 Å². The van der Waals surface area contributed by atoms with Crippen LogP contribution in [-0.2, 0) is 16.1 Å². The number of carbonyl (C=O) groups is 2. The van der Waals surface area contributed by atoms with Crippen molar-refractivity contribution in [2.45, 2.75) is 19.1 Å². The highest BCUT2D eigenvalue weighted by Gasteiger charge is 2.33. The van der Waals surface area contributed by atoms with Crippen molar-refractivity contribution in [2.75, 3.05) is 32.8 Å². The number of nitrogens with zero attached hydrogens (tertiary/aromatic N) is 4. The highest BCUT2D eigenvalue weighted by Crippen LogP contribution is 2.31. The Morgan fingerprint density at radius 2 is 1.81 bits per heavy atom. The molecule has 1 saturated heterocycles. The summed E-state index contributed by atoms with van der Waals surface area (Å²) in [7, 11) is 0. The lowest BCUT2D eigenvalue weighted by Crippen LogP contribution is -2.55. The summed E-state index contributed by atoms with van der Waals surface area (Å²) in [5, 5.41) is 2.41. The lowest BCUT2D eigenvalue weighted by atomic mass is 10.2. The minimum atomic E-state index is -0.682. The molecule has 3 aromatic rings. The van der Waals surface area contributed by atoms with Crippen LogP contribution in [-0.4, -0.2) is 70.1 Å². The third kappa shape index (κ3) is 3.93. The third-order valence-corrected chi connectivity index (χ3v) is 6.57. The van der Waals surface area contributed by atoms with E-state index in [-0.39, 0.29) is 36.9 Å². The number of hydrogen-bond donors (Lipinski definition) is 0. The summed E-state index contributed by atoms with van der Waals surface area (Å²) in [6.45, 7) is 2.23. The molecule has 166 valence electrons.